The molecule has 1 saturated heterocycles. The first-order valence-corrected chi connectivity index (χ1v) is 12.7. The molecule has 0 aliphatic carbocycles. The van der Waals surface area contributed by atoms with E-state index >= 15 is 0 Å². The third-order valence-electron chi connectivity index (χ3n) is 7.25. The number of pyridine rings is 2. The first-order chi connectivity index (χ1) is 18.9. The predicted octanol–water partition coefficient (Wildman–Crippen LogP) is 6.82. The van der Waals surface area contributed by atoms with Gasteiger partial charge < -0.3 is 4.98 Å². The van der Waals surface area contributed by atoms with E-state index in [1.807, 2.05) is 36.4 Å². The third kappa shape index (κ3) is 4.44. The summed E-state index contributed by atoms with van der Waals surface area (Å²) in [6.45, 7) is 0.595. The van der Waals surface area contributed by atoms with Crippen LogP contribution in [-0.2, 0) is 6.54 Å². The molecule has 6 nitrogen and oxygen atoms in total. The molecule has 0 radical (unpaired) electrons. The molecule has 0 bridgehead atoms. The van der Waals surface area contributed by atoms with Crippen molar-refractivity contribution in [3.63, 3.8) is 0 Å². The molecule has 39 heavy (non-hydrogen) atoms. The zero-order valence-electron chi connectivity index (χ0n) is 20.8. The highest BCUT2D eigenvalue weighted by molar-refractivity contribution is 6.00. The zero-order valence-corrected chi connectivity index (χ0v) is 20.8. The summed E-state index contributed by atoms with van der Waals surface area (Å²) in [5.41, 5.74) is 7.43. The first kappa shape index (κ1) is 23.6. The minimum Gasteiger partial charge on any atom is -0.353 e. The van der Waals surface area contributed by atoms with Crippen LogP contribution in [0.15, 0.2) is 79.3 Å². The Kier molecular flexibility index (Phi) is 5.48. The monoisotopic (exact) mass is 524 g/mol. The summed E-state index contributed by atoms with van der Waals surface area (Å²) in [4.78, 5) is 14.1. The summed E-state index contributed by atoms with van der Waals surface area (Å²) in [6, 6.07) is 18.3. The van der Waals surface area contributed by atoms with E-state index in [0.29, 0.717) is 24.3 Å². The Morgan fingerprint density at radius 1 is 0.872 bits per heavy atom. The number of H-pyrrole nitrogens is 2. The van der Waals surface area contributed by atoms with Crippen LogP contribution in [-0.4, -0.2) is 49.1 Å². The van der Waals surface area contributed by atoms with Gasteiger partial charge in [0.1, 0.15) is 11.5 Å². The molecule has 4 aromatic heterocycles. The largest absolute Gasteiger partial charge is 0.353 e. The minimum atomic E-state index is -2.62. The number of aromatic amines is 2. The van der Waals surface area contributed by atoms with Crippen LogP contribution in [0.5, 0.6) is 0 Å². The number of alkyl halides is 2. The highest BCUT2D eigenvalue weighted by Crippen LogP contribution is 2.35. The maximum Gasteiger partial charge on any atom is 0.261 e. The van der Waals surface area contributed by atoms with Crippen molar-refractivity contribution in [3.8, 4) is 33.8 Å². The van der Waals surface area contributed by atoms with E-state index in [2.05, 4.69) is 31.2 Å². The Labute approximate surface area is 221 Å². The van der Waals surface area contributed by atoms with Gasteiger partial charge in [-0.1, -0.05) is 18.2 Å². The lowest BCUT2D eigenvalue weighted by molar-refractivity contribution is 0.0115. The maximum atomic E-state index is 13.9. The van der Waals surface area contributed by atoms with Crippen LogP contribution in [0, 0.1) is 5.82 Å². The van der Waals surface area contributed by atoms with Gasteiger partial charge in [-0.15, -0.1) is 0 Å². The number of hydrogen-bond acceptors (Lipinski definition) is 4. The highest BCUT2D eigenvalue weighted by atomic mass is 19.3. The van der Waals surface area contributed by atoms with Crippen LogP contribution in [0.25, 0.3) is 55.6 Å². The van der Waals surface area contributed by atoms with Gasteiger partial charge in [0.15, 0.2) is 0 Å². The molecule has 0 atom stereocenters. The number of hydrogen-bond donors (Lipinski definition) is 2. The fraction of sp³-hybridized carbons (Fsp3) is 0.167. The number of likely N-dealkylation sites (tertiary alicyclic amines) is 1. The molecule has 6 aromatic rings. The van der Waals surface area contributed by atoms with E-state index in [0.717, 1.165) is 49.9 Å². The molecule has 9 heteroatoms. The average Bonchev–Trinajstić information content (AvgIpc) is 3.64. The molecule has 1 fully saturated rings. The fourth-order valence-electron chi connectivity index (χ4n) is 5.38. The lowest BCUT2D eigenvalue weighted by Crippen LogP contribution is -2.24. The third-order valence-corrected chi connectivity index (χ3v) is 7.25. The van der Waals surface area contributed by atoms with Crippen molar-refractivity contribution in [2.75, 3.05) is 13.1 Å². The Morgan fingerprint density at radius 2 is 1.77 bits per heavy atom. The molecule has 2 N–H and O–H groups in total. The minimum absolute atomic E-state index is 0.104. The number of halogens is 3. The first-order valence-electron chi connectivity index (χ1n) is 12.7. The Hall–Kier alpha value is -4.50. The molecule has 5 heterocycles. The van der Waals surface area contributed by atoms with Crippen LogP contribution >= 0.6 is 0 Å². The number of nitrogens with one attached hydrogen (secondary N) is 2. The van der Waals surface area contributed by atoms with Crippen molar-refractivity contribution in [2.45, 2.75) is 18.9 Å². The van der Waals surface area contributed by atoms with E-state index in [9.17, 15) is 13.2 Å². The predicted molar refractivity (Wildman–Crippen MR) is 145 cm³/mol. The van der Waals surface area contributed by atoms with Gasteiger partial charge in [0.2, 0.25) is 0 Å². The van der Waals surface area contributed by atoms with E-state index < -0.39 is 5.92 Å². The van der Waals surface area contributed by atoms with Crippen LogP contribution in [0.4, 0.5) is 13.2 Å². The average molecular weight is 525 g/mol. The van der Waals surface area contributed by atoms with Gasteiger partial charge in [0.25, 0.3) is 5.92 Å². The van der Waals surface area contributed by atoms with Crippen LogP contribution in [0.3, 0.4) is 0 Å². The quantitative estimate of drug-likeness (QED) is 0.260. The number of aromatic nitrogens is 5. The summed E-state index contributed by atoms with van der Waals surface area (Å²) < 4.78 is 41.2. The summed E-state index contributed by atoms with van der Waals surface area (Å²) >= 11 is 0. The molecular formula is C30H23F3N6. The number of nitrogens with zero attached hydrogens (tertiary/aromatic N) is 4. The van der Waals surface area contributed by atoms with Crippen molar-refractivity contribution in [1.82, 2.24) is 30.0 Å². The topological polar surface area (TPSA) is 73.5 Å². The lowest BCUT2D eigenvalue weighted by atomic mass is 10.0. The second kappa shape index (κ2) is 9.06. The van der Waals surface area contributed by atoms with Crippen molar-refractivity contribution < 1.29 is 13.2 Å². The summed E-state index contributed by atoms with van der Waals surface area (Å²) in [7, 11) is 0. The second-order valence-corrected chi connectivity index (χ2v) is 10.0. The van der Waals surface area contributed by atoms with Crippen molar-refractivity contribution in [3.05, 3.63) is 90.6 Å². The smallest absolute Gasteiger partial charge is 0.261 e. The molecule has 0 unspecified atom stereocenters. The standard InChI is InChI=1S/C30H23F3N6/c31-22-3-1-2-20(11-22)28-24-13-27(36-25(24)6-8-35-28)29-23-12-19(4-5-26(23)37-38-29)21-10-18(14-34-15-21)16-39-9-7-30(32,33)17-39/h1-6,8,10-15,36H,7,9,16-17H2,(H,37,38). The molecular weight excluding hydrogens is 501 g/mol. The zero-order chi connectivity index (χ0) is 26.6. The Balaban J connectivity index is 1.25. The van der Waals surface area contributed by atoms with Gasteiger partial charge in [-0.25, -0.2) is 13.2 Å². The summed E-state index contributed by atoms with van der Waals surface area (Å²) in [5, 5.41) is 9.47. The van der Waals surface area contributed by atoms with Gasteiger partial charge in [-0.3, -0.25) is 20.0 Å². The molecule has 1 aliphatic rings. The van der Waals surface area contributed by atoms with E-state index in [4.69, 9.17) is 0 Å². The summed E-state index contributed by atoms with van der Waals surface area (Å²) in [5.74, 6) is -2.94. The fourth-order valence-corrected chi connectivity index (χ4v) is 5.38. The van der Waals surface area contributed by atoms with Gasteiger partial charge in [-0.05, 0) is 53.6 Å². The molecule has 194 valence electrons. The Bertz CT molecular complexity index is 1840. The van der Waals surface area contributed by atoms with Crippen molar-refractivity contribution in [2.24, 2.45) is 0 Å². The molecule has 7 rings (SSSR count). The number of rotatable bonds is 5. The molecule has 0 saturated carbocycles. The highest BCUT2D eigenvalue weighted by Gasteiger charge is 2.37. The summed E-state index contributed by atoms with van der Waals surface area (Å²) in [6.07, 6.45) is 5.11. The van der Waals surface area contributed by atoms with Crippen LogP contribution < -0.4 is 0 Å². The molecule has 0 amide bonds. The van der Waals surface area contributed by atoms with E-state index in [1.54, 1.807) is 29.6 Å². The number of fused-ring (bicyclic) bond motifs is 2. The Morgan fingerprint density at radius 3 is 2.62 bits per heavy atom. The number of benzene rings is 2. The second-order valence-electron chi connectivity index (χ2n) is 10.0. The van der Waals surface area contributed by atoms with Crippen molar-refractivity contribution in [1.29, 1.82) is 0 Å². The van der Waals surface area contributed by atoms with E-state index in [1.165, 1.54) is 12.1 Å². The SMILES string of the molecule is Fc1cccc(-c2nccc3[nH]c(-c4n[nH]c5ccc(-c6cncc(CN7CCC(F)(F)C7)c6)cc45)cc23)c1. The lowest BCUT2D eigenvalue weighted by Gasteiger charge is -2.15. The molecule has 2 aromatic carbocycles. The van der Waals surface area contributed by atoms with E-state index in [-0.39, 0.29) is 18.8 Å². The van der Waals surface area contributed by atoms with Gasteiger partial charge in [0, 0.05) is 65.5 Å². The van der Waals surface area contributed by atoms with Crippen LogP contribution in [0.2, 0.25) is 0 Å². The van der Waals surface area contributed by atoms with Gasteiger partial charge >= 0.3 is 0 Å². The molecule has 0 spiro atoms. The van der Waals surface area contributed by atoms with Crippen molar-refractivity contribution >= 4 is 21.8 Å². The van der Waals surface area contributed by atoms with Gasteiger partial charge in [-0.2, -0.15) is 5.10 Å². The van der Waals surface area contributed by atoms with Gasteiger partial charge in [0.05, 0.1) is 23.4 Å². The van der Waals surface area contributed by atoms with Crippen LogP contribution in [0.1, 0.15) is 12.0 Å². The molecule has 1 aliphatic heterocycles. The maximum absolute atomic E-state index is 13.9. The normalized spacial score (nSPS) is 15.5.